The van der Waals surface area contributed by atoms with E-state index in [1.807, 2.05) is 42.7 Å². The molecule has 4 N–H and O–H groups in total. The Kier molecular flexibility index (Phi) is 16.0. The van der Waals surface area contributed by atoms with E-state index in [2.05, 4.69) is 15.4 Å². The molecular weight excluding hydrogens is 929 g/mol. The molecule has 7 aliphatic rings. The molecule has 0 radical (unpaired) electrons. The first-order valence-electron chi connectivity index (χ1n) is 24.9. The number of fused-ring (bicyclic) bond motifs is 3. The van der Waals surface area contributed by atoms with E-state index in [4.69, 9.17) is 28.9 Å². The minimum Gasteiger partial charge on any atom is -0.492 e. The van der Waals surface area contributed by atoms with Crippen molar-refractivity contribution in [3.05, 3.63) is 88.0 Å². The van der Waals surface area contributed by atoms with Crippen LogP contribution in [0.5, 0.6) is 17.2 Å². The summed E-state index contributed by atoms with van der Waals surface area (Å²) in [4.78, 5) is 79.0. The van der Waals surface area contributed by atoms with Gasteiger partial charge in [-0.2, -0.15) is 0 Å². The summed E-state index contributed by atoms with van der Waals surface area (Å²) in [6.07, 6.45) is 5.60. The van der Waals surface area contributed by atoms with Gasteiger partial charge in [0.05, 0.1) is 38.4 Å². The van der Waals surface area contributed by atoms with Crippen molar-refractivity contribution in [1.29, 1.82) is 0 Å². The number of ether oxygens (including phenoxy) is 6. The van der Waals surface area contributed by atoms with Crippen molar-refractivity contribution in [2.45, 2.75) is 84.5 Å². The number of nitrogens with one attached hydrogen (secondary N) is 3. The third-order valence-corrected chi connectivity index (χ3v) is 14.6. The average Bonchev–Trinajstić information content (AvgIpc) is 4.31. The summed E-state index contributed by atoms with van der Waals surface area (Å²) < 4.78 is 32.0. The van der Waals surface area contributed by atoms with Crippen molar-refractivity contribution in [3.8, 4) is 17.2 Å². The maximum Gasteiger partial charge on any atom is 0.410 e. The predicted molar refractivity (Wildman–Crippen MR) is 261 cm³/mol. The van der Waals surface area contributed by atoms with Gasteiger partial charge in [-0.15, -0.1) is 0 Å². The SMILES string of the molecule is COC(=O)c1ccc2c(c1)OCCN(C(=O)C1CC13CCCN(C(=O)OC(C)(C)C)C3)C2.COC(=O)c1ccc2c(c1)OCCNC2.O=C(NO)c1ccc2c(c1)OCCN(C(=O)C1CC13CCCNC3)C2. The monoisotopic (exact) mass is 996 g/mol. The number of piperidine rings is 2. The summed E-state index contributed by atoms with van der Waals surface area (Å²) in [6, 6.07) is 15.6. The number of benzene rings is 3. The first-order valence-corrected chi connectivity index (χ1v) is 24.9. The largest absolute Gasteiger partial charge is 0.492 e. The number of hydroxylamine groups is 1. The van der Waals surface area contributed by atoms with Gasteiger partial charge in [0.25, 0.3) is 5.91 Å². The zero-order chi connectivity index (χ0) is 51.2. The number of amides is 4. The molecule has 19 heteroatoms. The molecule has 72 heavy (non-hydrogen) atoms. The van der Waals surface area contributed by atoms with Crippen LogP contribution in [0.2, 0.25) is 0 Å². The molecular formula is C53H68N6O13. The second-order valence-corrected chi connectivity index (χ2v) is 20.7. The molecule has 5 aliphatic heterocycles. The van der Waals surface area contributed by atoms with Gasteiger partial charge in [0.2, 0.25) is 11.8 Å². The quantitative estimate of drug-likeness (QED) is 0.113. The van der Waals surface area contributed by atoms with E-state index in [-0.39, 0.29) is 46.5 Å². The predicted octanol–water partition coefficient (Wildman–Crippen LogP) is 5.10. The summed E-state index contributed by atoms with van der Waals surface area (Å²) in [6.45, 7) is 13.8. The maximum absolute atomic E-state index is 13.4. The Bertz CT molecular complexity index is 2520. The fourth-order valence-corrected chi connectivity index (χ4v) is 10.5. The van der Waals surface area contributed by atoms with Crippen LogP contribution >= 0.6 is 0 Å². The van der Waals surface area contributed by atoms with Crippen molar-refractivity contribution in [1.82, 2.24) is 30.8 Å². The minimum atomic E-state index is -0.576. The highest BCUT2D eigenvalue weighted by Gasteiger charge is 2.61. The molecule has 4 unspecified atom stereocenters. The number of carbonyl (C=O) groups excluding carboxylic acids is 6. The summed E-state index contributed by atoms with van der Waals surface area (Å²) >= 11 is 0. The number of hydrogen-bond acceptors (Lipinski definition) is 15. The summed E-state index contributed by atoms with van der Waals surface area (Å²) in [5, 5.41) is 15.4. The molecule has 3 aromatic carbocycles. The Morgan fingerprint density at radius 2 is 1.18 bits per heavy atom. The molecule has 388 valence electrons. The van der Waals surface area contributed by atoms with E-state index < -0.39 is 17.5 Å². The van der Waals surface area contributed by atoms with Crippen LogP contribution in [0.3, 0.4) is 0 Å². The molecule has 2 saturated carbocycles. The number of hydrogen-bond donors (Lipinski definition) is 4. The lowest BCUT2D eigenvalue weighted by Crippen LogP contribution is -2.45. The van der Waals surface area contributed by atoms with E-state index in [9.17, 15) is 28.8 Å². The Morgan fingerprint density at radius 1 is 0.653 bits per heavy atom. The van der Waals surface area contributed by atoms with Gasteiger partial charge in [0, 0.05) is 85.3 Å². The molecule has 2 saturated heterocycles. The fourth-order valence-electron chi connectivity index (χ4n) is 10.5. The maximum atomic E-state index is 13.4. The zero-order valence-electron chi connectivity index (χ0n) is 42.0. The molecule has 10 rings (SSSR count). The van der Waals surface area contributed by atoms with Crippen molar-refractivity contribution in [2.24, 2.45) is 22.7 Å². The lowest BCUT2D eigenvalue weighted by atomic mass is 9.92. The van der Waals surface area contributed by atoms with Gasteiger partial charge in [0.15, 0.2) is 0 Å². The molecule has 3 aromatic rings. The highest BCUT2D eigenvalue weighted by atomic mass is 16.6. The molecule has 5 heterocycles. The van der Waals surface area contributed by atoms with E-state index in [1.165, 1.54) is 14.2 Å². The first kappa shape index (κ1) is 51.9. The highest BCUT2D eigenvalue weighted by molar-refractivity contribution is 5.94. The van der Waals surface area contributed by atoms with Gasteiger partial charge >= 0.3 is 18.0 Å². The second kappa shape index (κ2) is 22.1. The van der Waals surface area contributed by atoms with Gasteiger partial charge < -0.3 is 53.8 Å². The van der Waals surface area contributed by atoms with E-state index in [1.54, 1.807) is 52.8 Å². The van der Waals surface area contributed by atoms with Gasteiger partial charge in [-0.25, -0.2) is 19.9 Å². The number of rotatable bonds is 5. The average molecular weight is 997 g/mol. The van der Waals surface area contributed by atoms with Crippen LogP contribution in [0.1, 0.15) is 107 Å². The number of likely N-dealkylation sites (tertiary alicyclic amines) is 1. The summed E-state index contributed by atoms with van der Waals surface area (Å²) in [5.74, 6) is 1.03. The van der Waals surface area contributed by atoms with Crippen molar-refractivity contribution < 1.29 is 62.4 Å². The second-order valence-electron chi connectivity index (χ2n) is 20.7. The smallest absolute Gasteiger partial charge is 0.410 e. The number of esters is 2. The number of methoxy groups -OCH3 is 2. The number of carbonyl (C=O) groups is 6. The van der Waals surface area contributed by atoms with Gasteiger partial charge in [-0.3, -0.25) is 19.6 Å². The van der Waals surface area contributed by atoms with Crippen LogP contribution in [-0.2, 0) is 43.4 Å². The van der Waals surface area contributed by atoms with Crippen LogP contribution in [0.25, 0.3) is 0 Å². The molecule has 4 atom stereocenters. The van der Waals surface area contributed by atoms with Gasteiger partial charge in [0.1, 0.15) is 42.7 Å². The lowest BCUT2D eigenvalue weighted by Gasteiger charge is -2.35. The molecule has 2 spiro atoms. The van der Waals surface area contributed by atoms with Crippen molar-refractivity contribution in [2.75, 3.05) is 79.9 Å². The zero-order valence-corrected chi connectivity index (χ0v) is 42.0. The topological polar surface area (TPSA) is 224 Å². The van der Waals surface area contributed by atoms with E-state index >= 15 is 0 Å². The van der Waals surface area contributed by atoms with Crippen LogP contribution < -0.4 is 30.3 Å². The van der Waals surface area contributed by atoms with Crippen LogP contribution in [0.15, 0.2) is 54.6 Å². The molecule has 4 fully saturated rings. The molecule has 0 aromatic heterocycles. The van der Waals surface area contributed by atoms with Gasteiger partial charge in [-0.05, 0) is 108 Å². The Labute approximate surface area is 420 Å². The van der Waals surface area contributed by atoms with Gasteiger partial charge in [-0.1, -0.05) is 18.2 Å². The standard InChI is InChI=1S/C24H32N2O6.C18H23N3O4.C11H13NO3/c1-23(2,3)32-22(29)26-9-5-8-24(15-26)13-18(24)20(27)25-10-11-31-19-12-16(21(28)30-4)6-7-17(19)14-25;22-16(20-24)12-2-3-13-10-21(6-7-25-15(13)8-12)17(23)14-9-18(14)4-1-5-19-11-18;1-14-11(13)8-2-3-9-7-12-4-5-15-10(9)6-8/h6-7,12,18H,5,8-11,13-15H2,1-4H3;2-3,8,14,19,24H,1,4-7,9-11H2,(H,20,22);2-3,6,12H,4-5,7H2,1H3. The summed E-state index contributed by atoms with van der Waals surface area (Å²) in [7, 11) is 2.71. The molecule has 4 amide bonds. The summed E-state index contributed by atoms with van der Waals surface area (Å²) in [5.41, 5.74) is 5.23. The van der Waals surface area contributed by atoms with E-state index in [0.717, 1.165) is 87.1 Å². The van der Waals surface area contributed by atoms with Crippen LogP contribution in [0.4, 0.5) is 4.79 Å². The third-order valence-electron chi connectivity index (χ3n) is 14.6. The van der Waals surface area contributed by atoms with E-state index in [0.29, 0.717) is 87.3 Å². The van der Waals surface area contributed by atoms with Crippen LogP contribution in [-0.4, -0.2) is 141 Å². The van der Waals surface area contributed by atoms with Crippen molar-refractivity contribution >= 4 is 35.8 Å². The first-order chi connectivity index (χ1) is 34.6. The molecule has 0 bridgehead atoms. The Balaban J connectivity index is 0.000000154. The Hall–Kier alpha value is -6.44. The number of nitrogens with zero attached hydrogens (tertiary/aromatic N) is 3. The lowest BCUT2D eigenvalue weighted by molar-refractivity contribution is -0.135. The highest BCUT2D eigenvalue weighted by Crippen LogP contribution is 2.59. The molecule has 19 nitrogen and oxygen atoms in total. The fraction of sp³-hybridized carbons (Fsp3) is 0.547. The van der Waals surface area contributed by atoms with Crippen molar-refractivity contribution in [3.63, 3.8) is 0 Å². The van der Waals surface area contributed by atoms with Crippen LogP contribution in [0, 0.1) is 22.7 Å². The molecule has 2 aliphatic carbocycles. The Morgan fingerprint density at radius 3 is 1.75 bits per heavy atom. The normalized spacial score (nSPS) is 23.8. The minimum absolute atomic E-state index is 0.0800. The third kappa shape index (κ3) is 12.1.